The second-order valence-electron chi connectivity index (χ2n) is 3.68. The van der Waals surface area contributed by atoms with E-state index in [1.807, 2.05) is 13.8 Å². The number of hydrogen-bond donors (Lipinski definition) is 1. The zero-order chi connectivity index (χ0) is 8.27. The maximum absolute atomic E-state index is 11.0. The molecule has 0 aliphatic heterocycles. The molecule has 0 spiro atoms. The summed E-state index contributed by atoms with van der Waals surface area (Å²) in [5.41, 5.74) is 0. The van der Waals surface area contributed by atoms with E-state index in [1.54, 1.807) is 0 Å². The van der Waals surface area contributed by atoms with Crippen molar-refractivity contribution < 1.29 is 4.79 Å². The summed E-state index contributed by atoms with van der Waals surface area (Å²) in [6.45, 7) is 4.72. The first kappa shape index (κ1) is 8.57. The first-order valence-electron chi connectivity index (χ1n) is 4.48. The zero-order valence-electron chi connectivity index (χ0n) is 7.39. The molecule has 1 rings (SSSR count). The molecular formula is C9H17NO. The largest absolute Gasteiger partial charge is 0.356 e. The average molecular weight is 155 g/mol. The van der Waals surface area contributed by atoms with Gasteiger partial charge in [0.2, 0.25) is 5.91 Å². The van der Waals surface area contributed by atoms with Crippen molar-refractivity contribution in [1.29, 1.82) is 0 Å². The highest BCUT2D eigenvalue weighted by Gasteiger charge is 2.20. The summed E-state index contributed by atoms with van der Waals surface area (Å²) in [5, 5.41) is 2.91. The van der Waals surface area contributed by atoms with Gasteiger partial charge in [-0.25, -0.2) is 0 Å². The normalized spacial score (nSPS) is 17.0. The first-order chi connectivity index (χ1) is 5.20. The van der Waals surface area contributed by atoms with Gasteiger partial charge in [0.05, 0.1) is 0 Å². The van der Waals surface area contributed by atoms with Crippen LogP contribution in [0.3, 0.4) is 0 Å². The molecule has 1 fully saturated rings. The van der Waals surface area contributed by atoms with Gasteiger partial charge >= 0.3 is 0 Å². The summed E-state index contributed by atoms with van der Waals surface area (Å²) in [6.07, 6.45) is 3.92. The number of nitrogens with one attached hydrogen (secondary N) is 1. The molecule has 0 aromatic heterocycles. The summed E-state index contributed by atoms with van der Waals surface area (Å²) in [5.74, 6) is 1.24. The van der Waals surface area contributed by atoms with Crippen LogP contribution in [0, 0.1) is 11.8 Å². The van der Waals surface area contributed by atoms with Crippen LogP contribution in [0.1, 0.15) is 33.1 Å². The molecule has 1 amide bonds. The molecule has 1 aliphatic rings. The highest BCUT2D eigenvalue weighted by molar-refractivity contribution is 5.77. The van der Waals surface area contributed by atoms with E-state index in [-0.39, 0.29) is 11.8 Å². The molecule has 0 saturated heterocycles. The van der Waals surface area contributed by atoms with Gasteiger partial charge in [0.1, 0.15) is 0 Å². The molecule has 11 heavy (non-hydrogen) atoms. The van der Waals surface area contributed by atoms with Gasteiger partial charge in [0, 0.05) is 12.5 Å². The van der Waals surface area contributed by atoms with Crippen molar-refractivity contribution in [3.8, 4) is 0 Å². The van der Waals surface area contributed by atoms with Crippen molar-refractivity contribution >= 4 is 5.91 Å². The van der Waals surface area contributed by atoms with E-state index < -0.39 is 0 Å². The fourth-order valence-electron chi connectivity index (χ4n) is 1.01. The second kappa shape index (κ2) is 3.74. The maximum atomic E-state index is 11.0. The van der Waals surface area contributed by atoms with Crippen LogP contribution in [-0.4, -0.2) is 12.5 Å². The molecule has 0 bridgehead atoms. The van der Waals surface area contributed by atoms with Crippen LogP contribution in [0.4, 0.5) is 0 Å². The van der Waals surface area contributed by atoms with Gasteiger partial charge in [-0.15, -0.1) is 0 Å². The third kappa shape index (κ3) is 3.40. The molecule has 2 nitrogen and oxygen atoms in total. The van der Waals surface area contributed by atoms with Crippen LogP contribution < -0.4 is 5.32 Å². The molecule has 0 radical (unpaired) electrons. The lowest BCUT2D eigenvalue weighted by Crippen LogP contribution is -2.28. The molecule has 0 aromatic rings. The molecule has 2 heteroatoms. The molecule has 1 saturated carbocycles. The van der Waals surface area contributed by atoms with Crippen LogP contribution in [0.5, 0.6) is 0 Å². The molecule has 0 aromatic carbocycles. The summed E-state index contributed by atoms with van der Waals surface area (Å²) in [6, 6.07) is 0. The van der Waals surface area contributed by atoms with Crippen LogP contribution in [0.25, 0.3) is 0 Å². The quantitative estimate of drug-likeness (QED) is 0.656. The monoisotopic (exact) mass is 155 g/mol. The molecule has 1 aliphatic carbocycles. The van der Waals surface area contributed by atoms with Crippen molar-refractivity contribution in [2.45, 2.75) is 33.1 Å². The topological polar surface area (TPSA) is 29.1 Å². The standard InChI is InChI=1S/C9H17NO/c1-7(2)9(11)10-6-5-8-3-4-8/h7-8H,3-6H2,1-2H3,(H,10,11). The first-order valence-corrected chi connectivity index (χ1v) is 4.48. The third-order valence-corrected chi connectivity index (χ3v) is 2.07. The molecule has 0 atom stereocenters. The summed E-state index contributed by atoms with van der Waals surface area (Å²) in [4.78, 5) is 11.0. The van der Waals surface area contributed by atoms with E-state index >= 15 is 0 Å². The highest BCUT2D eigenvalue weighted by atomic mass is 16.1. The van der Waals surface area contributed by atoms with Crippen molar-refractivity contribution in [3.05, 3.63) is 0 Å². The Labute approximate surface area is 68.4 Å². The van der Waals surface area contributed by atoms with Gasteiger partial charge in [-0.1, -0.05) is 26.7 Å². The Kier molecular flexibility index (Phi) is 2.92. The van der Waals surface area contributed by atoms with Gasteiger partial charge in [-0.2, -0.15) is 0 Å². The molecule has 0 unspecified atom stereocenters. The summed E-state index contributed by atoms with van der Waals surface area (Å²) in [7, 11) is 0. The summed E-state index contributed by atoms with van der Waals surface area (Å²) >= 11 is 0. The van der Waals surface area contributed by atoms with Crippen molar-refractivity contribution in [1.82, 2.24) is 5.32 Å². The van der Waals surface area contributed by atoms with Gasteiger partial charge in [-0.3, -0.25) is 4.79 Å². The van der Waals surface area contributed by atoms with E-state index in [4.69, 9.17) is 0 Å². The molecular weight excluding hydrogens is 138 g/mol. The fraction of sp³-hybridized carbons (Fsp3) is 0.889. The predicted molar refractivity (Wildman–Crippen MR) is 45.2 cm³/mol. The minimum Gasteiger partial charge on any atom is -0.356 e. The maximum Gasteiger partial charge on any atom is 0.222 e. The van der Waals surface area contributed by atoms with E-state index in [0.29, 0.717) is 0 Å². The van der Waals surface area contributed by atoms with Crippen LogP contribution in [-0.2, 0) is 4.79 Å². The third-order valence-electron chi connectivity index (χ3n) is 2.07. The van der Waals surface area contributed by atoms with Gasteiger partial charge in [0.15, 0.2) is 0 Å². The number of rotatable bonds is 4. The highest BCUT2D eigenvalue weighted by Crippen LogP contribution is 2.31. The lowest BCUT2D eigenvalue weighted by Gasteiger charge is -2.05. The van der Waals surface area contributed by atoms with Crippen LogP contribution in [0.2, 0.25) is 0 Å². The smallest absolute Gasteiger partial charge is 0.222 e. The minimum absolute atomic E-state index is 0.134. The Morgan fingerprint density at radius 1 is 1.55 bits per heavy atom. The van der Waals surface area contributed by atoms with E-state index in [1.165, 1.54) is 19.3 Å². The van der Waals surface area contributed by atoms with Crippen molar-refractivity contribution in [2.75, 3.05) is 6.54 Å². The van der Waals surface area contributed by atoms with Gasteiger partial charge in [-0.05, 0) is 12.3 Å². The SMILES string of the molecule is CC(C)C(=O)NCCC1CC1. The van der Waals surface area contributed by atoms with E-state index in [0.717, 1.165) is 12.5 Å². The number of carbonyl (C=O) groups is 1. The second-order valence-corrected chi connectivity index (χ2v) is 3.68. The Balaban J connectivity index is 1.96. The van der Waals surface area contributed by atoms with Crippen LogP contribution >= 0.6 is 0 Å². The molecule has 64 valence electrons. The Hall–Kier alpha value is -0.530. The Morgan fingerprint density at radius 2 is 2.18 bits per heavy atom. The lowest BCUT2D eigenvalue weighted by molar-refractivity contribution is -0.123. The average Bonchev–Trinajstić information content (AvgIpc) is 2.71. The number of amides is 1. The van der Waals surface area contributed by atoms with Crippen molar-refractivity contribution in [3.63, 3.8) is 0 Å². The summed E-state index contributed by atoms with van der Waals surface area (Å²) < 4.78 is 0. The molecule has 0 heterocycles. The Bertz CT molecular complexity index is 138. The lowest BCUT2D eigenvalue weighted by atomic mass is 10.2. The number of hydrogen-bond acceptors (Lipinski definition) is 1. The van der Waals surface area contributed by atoms with E-state index in [2.05, 4.69) is 5.32 Å². The predicted octanol–water partition coefficient (Wildman–Crippen LogP) is 1.56. The van der Waals surface area contributed by atoms with Crippen molar-refractivity contribution in [2.24, 2.45) is 11.8 Å². The zero-order valence-corrected chi connectivity index (χ0v) is 7.39. The Morgan fingerprint density at radius 3 is 2.64 bits per heavy atom. The van der Waals surface area contributed by atoms with Gasteiger partial charge < -0.3 is 5.32 Å². The number of carbonyl (C=O) groups excluding carboxylic acids is 1. The van der Waals surface area contributed by atoms with E-state index in [9.17, 15) is 4.79 Å². The molecule has 1 N–H and O–H groups in total. The van der Waals surface area contributed by atoms with Crippen LogP contribution in [0.15, 0.2) is 0 Å². The van der Waals surface area contributed by atoms with Gasteiger partial charge in [0.25, 0.3) is 0 Å². The minimum atomic E-state index is 0.134. The fourth-order valence-corrected chi connectivity index (χ4v) is 1.01.